The quantitative estimate of drug-likeness (QED) is 0.657. The van der Waals surface area contributed by atoms with Crippen molar-refractivity contribution in [3.8, 4) is 11.4 Å². The van der Waals surface area contributed by atoms with Crippen LogP contribution in [0.2, 0.25) is 0 Å². The van der Waals surface area contributed by atoms with Crippen molar-refractivity contribution in [3.05, 3.63) is 66.2 Å². The predicted molar refractivity (Wildman–Crippen MR) is 92.4 cm³/mol. The maximum absolute atomic E-state index is 12.1. The molecule has 3 aromatic rings. The lowest BCUT2D eigenvalue weighted by atomic mass is 10.2. The summed E-state index contributed by atoms with van der Waals surface area (Å²) < 4.78 is 1.43. The zero-order chi connectivity index (χ0) is 16.1. The standard InChI is InChI=1S/C18H17N3OS/c1-2-16(22)21-18(23-13-14-9-5-3-6-10-14)19-17(20-21)15-11-7-4-8-12-15/h3-12H,2,13H2,1H3. The van der Waals surface area contributed by atoms with Gasteiger partial charge >= 0.3 is 0 Å². The van der Waals surface area contributed by atoms with Gasteiger partial charge in [-0.3, -0.25) is 4.79 Å². The number of rotatable bonds is 5. The van der Waals surface area contributed by atoms with E-state index in [1.165, 1.54) is 22.0 Å². The molecule has 0 amide bonds. The molecular formula is C18H17N3OS. The molecule has 0 N–H and O–H groups in total. The number of carbonyl (C=O) groups excluding carboxylic acids is 1. The van der Waals surface area contributed by atoms with Crippen molar-refractivity contribution >= 4 is 17.7 Å². The van der Waals surface area contributed by atoms with Crippen LogP contribution in [0.5, 0.6) is 0 Å². The fourth-order valence-corrected chi connectivity index (χ4v) is 3.04. The lowest BCUT2D eigenvalue weighted by Gasteiger charge is -2.02. The summed E-state index contributed by atoms with van der Waals surface area (Å²) in [7, 11) is 0. The van der Waals surface area contributed by atoms with Gasteiger partial charge in [-0.2, -0.15) is 4.68 Å². The Bertz CT molecular complexity index is 785. The van der Waals surface area contributed by atoms with Crippen LogP contribution in [0.3, 0.4) is 0 Å². The predicted octanol–water partition coefficient (Wildman–Crippen LogP) is 4.29. The van der Waals surface area contributed by atoms with E-state index < -0.39 is 0 Å². The molecule has 116 valence electrons. The third-order valence-corrected chi connectivity index (χ3v) is 4.36. The van der Waals surface area contributed by atoms with Gasteiger partial charge in [-0.25, -0.2) is 4.98 Å². The number of benzene rings is 2. The molecule has 0 saturated heterocycles. The van der Waals surface area contributed by atoms with E-state index >= 15 is 0 Å². The van der Waals surface area contributed by atoms with E-state index in [0.29, 0.717) is 17.4 Å². The Kier molecular flexibility index (Phi) is 4.88. The van der Waals surface area contributed by atoms with Gasteiger partial charge in [0.15, 0.2) is 11.0 Å². The molecule has 0 aliphatic heterocycles. The van der Waals surface area contributed by atoms with Gasteiger partial charge in [0, 0.05) is 17.7 Å². The van der Waals surface area contributed by atoms with Crippen molar-refractivity contribution in [1.29, 1.82) is 0 Å². The van der Waals surface area contributed by atoms with Gasteiger partial charge in [-0.15, -0.1) is 5.10 Å². The fourth-order valence-electron chi connectivity index (χ4n) is 2.14. The number of hydrogen-bond donors (Lipinski definition) is 0. The van der Waals surface area contributed by atoms with Crippen LogP contribution in [0.1, 0.15) is 23.7 Å². The third kappa shape index (κ3) is 3.68. The number of carbonyl (C=O) groups is 1. The van der Waals surface area contributed by atoms with Gasteiger partial charge in [0.05, 0.1) is 0 Å². The molecule has 0 atom stereocenters. The first-order valence-corrected chi connectivity index (χ1v) is 8.49. The zero-order valence-corrected chi connectivity index (χ0v) is 13.7. The van der Waals surface area contributed by atoms with Crippen LogP contribution >= 0.6 is 11.8 Å². The van der Waals surface area contributed by atoms with E-state index in [0.717, 1.165) is 11.3 Å². The summed E-state index contributed by atoms with van der Waals surface area (Å²) in [6.45, 7) is 1.83. The highest BCUT2D eigenvalue weighted by Gasteiger charge is 2.16. The van der Waals surface area contributed by atoms with E-state index in [-0.39, 0.29) is 5.91 Å². The topological polar surface area (TPSA) is 47.8 Å². The molecule has 5 heteroatoms. The van der Waals surface area contributed by atoms with Gasteiger partial charge in [0.1, 0.15) is 0 Å². The number of nitrogens with zero attached hydrogens (tertiary/aromatic N) is 3. The largest absolute Gasteiger partial charge is 0.272 e. The van der Waals surface area contributed by atoms with Gasteiger partial charge in [0.25, 0.3) is 0 Å². The number of thioether (sulfide) groups is 1. The summed E-state index contributed by atoms with van der Waals surface area (Å²) in [5, 5.41) is 5.04. The normalized spacial score (nSPS) is 10.7. The molecule has 23 heavy (non-hydrogen) atoms. The molecule has 4 nitrogen and oxygen atoms in total. The van der Waals surface area contributed by atoms with Crippen molar-refractivity contribution in [2.75, 3.05) is 0 Å². The van der Waals surface area contributed by atoms with E-state index in [4.69, 9.17) is 0 Å². The highest BCUT2D eigenvalue weighted by Crippen LogP contribution is 2.24. The van der Waals surface area contributed by atoms with Crippen LogP contribution < -0.4 is 0 Å². The molecule has 1 aromatic heterocycles. The van der Waals surface area contributed by atoms with Crippen molar-refractivity contribution < 1.29 is 4.79 Å². The highest BCUT2D eigenvalue weighted by molar-refractivity contribution is 7.98. The molecule has 0 bridgehead atoms. The van der Waals surface area contributed by atoms with Crippen molar-refractivity contribution in [2.24, 2.45) is 0 Å². The molecule has 1 heterocycles. The van der Waals surface area contributed by atoms with E-state index in [1.54, 1.807) is 0 Å². The van der Waals surface area contributed by atoms with Crippen molar-refractivity contribution in [1.82, 2.24) is 14.8 Å². The number of hydrogen-bond acceptors (Lipinski definition) is 4. The molecule has 0 aliphatic carbocycles. The monoisotopic (exact) mass is 323 g/mol. The van der Waals surface area contributed by atoms with Crippen molar-refractivity contribution in [2.45, 2.75) is 24.3 Å². The second kappa shape index (κ2) is 7.24. The maximum atomic E-state index is 12.1. The minimum Gasteiger partial charge on any atom is -0.272 e. The Morgan fingerprint density at radius 2 is 1.70 bits per heavy atom. The van der Waals surface area contributed by atoms with E-state index in [2.05, 4.69) is 22.2 Å². The van der Waals surface area contributed by atoms with Crippen LogP contribution in [0.25, 0.3) is 11.4 Å². The van der Waals surface area contributed by atoms with Crippen LogP contribution in [-0.2, 0) is 5.75 Å². The Morgan fingerprint density at radius 3 is 2.35 bits per heavy atom. The van der Waals surface area contributed by atoms with Crippen LogP contribution in [-0.4, -0.2) is 20.7 Å². The molecule has 0 radical (unpaired) electrons. The third-order valence-electron chi connectivity index (χ3n) is 3.36. The minimum atomic E-state index is -0.0461. The summed E-state index contributed by atoms with van der Waals surface area (Å²) in [6, 6.07) is 19.8. The summed E-state index contributed by atoms with van der Waals surface area (Å²) >= 11 is 1.53. The summed E-state index contributed by atoms with van der Waals surface area (Å²) in [4.78, 5) is 16.7. The Labute approximate surface area is 139 Å². The lowest BCUT2D eigenvalue weighted by Crippen LogP contribution is -2.12. The average molecular weight is 323 g/mol. The van der Waals surface area contributed by atoms with Crippen LogP contribution in [0.4, 0.5) is 0 Å². The van der Waals surface area contributed by atoms with E-state index in [1.807, 2.05) is 55.5 Å². The van der Waals surface area contributed by atoms with Crippen LogP contribution in [0.15, 0.2) is 65.8 Å². The molecular weight excluding hydrogens is 306 g/mol. The second-order valence-corrected chi connectivity index (χ2v) is 5.96. The highest BCUT2D eigenvalue weighted by atomic mass is 32.2. The SMILES string of the molecule is CCC(=O)n1nc(-c2ccccc2)nc1SCc1ccccc1. The Balaban J connectivity index is 1.88. The summed E-state index contributed by atoms with van der Waals surface area (Å²) in [5.41, 5.74) is 2.11. The zero-order valence-electron chi connectivity index (χ0n) is 12.8. The first kappa shape index (κ1) is 15.5. The molecule has 0 aliphatic rings. The smallest absolute Gasteiger partial charge is 0.249 e. The minimum absolute atomic E-state index is 0.0461. The molecule has 2 aromatic carbocycles. The summed E-state index contributed by atoms with van der Waals surface area (Å²) in [6.07, 6.45) is 0.399. The second-order valence-electron chi connectivity index (χ2n) is 5.02. The van der Waals surface area contributed by atoms with Gasteiger partial charge in [0.2, 0.25) is 5.91 Å². The lowest BCUT2D eigenvalue weighted by molar-refractivity contribution is 0.0881. The Morgan fingerprint density at radius 1 is 1.04 bits per heavy atom. The average Bonchev–Trinajstić information content (AvgIpc) is 3.05. The van der Waals surface area contributed by atoms with Gasteiger partial charge < -0.3 is 0 Å². The fraction of sp³-hybridized carbons (Fsp3) is 0.167. The van der Waals surface area contributed by atoms with Crippen molar-refractivity contribution in [3.63, 3.8) is 0 Å². The molecule has 0 unspecified atom stereocenters. The number of aromatic nitrogens is 3. The van der Waals surface area contributed by atoms with Gasteiger partial charge in [-0.1, -0.05) is 79.3 Å². The first-order valence-electron chi connectivity index (χ1n) is 7.50. The molecule has 3 rings (SSSR count). The summed E-state index contributed by atoms with van der Waals surface area (Å²) in [5.74, 6) is 1.29. The molecule has 0 spiro atoms. The van der Waals surface area contributed by atoms with Gasteiger partial charge in [-0.05, 0) is 5.56 Å². The maximum Gasteiger partial charge on any atom is 0.249 e. The molecule has 0 fully saturated rings. The first-order chi connectivity index (χ1) is 11.3. The van der Waals surface area contributed by atoms with E-state index in [9.17, 15) is 4.79 Å². The molecule has 0 saturated carbocycles. The Hall–Kier alpha value is -2.40. The van der Waals surface area contributed by atoms with Crippen LogP contribution in [0, 0.1) is 0 Å².